The Morgan fingerprint density at radius 3 is 2.53 bits per heavy atom. The molecule has 1 aliphatic rings. The van der Waals surface area contributed by atoms with Crippen molar-refractivity contribution in [3.63, 3.8) is 0 Å². The highest BCUT2D eigenvalue weighted by Crippen LogP contribution is 2.11. The Kier molecular flexibility index (Phi) is 5.14. The molecule has 0 aromatic heterocycles. The van der Waals surface area contributed by atoms with Gasteiger partial charge in [-0.3, -0.25) is 0 Å². The fourth-order valence-corrected chi connectivity index (χ4v) is 3.21. The van der Waals surface area contributed by atoms with Crippen molar-refractivity contribution >= 4 is 15.8 Å². The zero-order chi connectivity index (χ0) is 12.9. The van der Waals surface area contributed by atoms with Crippen LogP contribution in [0.3, 0.4) is 0 Å². The molecule has 0 atom stereocenters. The van der Waals surface area contributed by atoms with Gasteiger partial charge in [0, 0.05) is 18.2 Å². The molecule has 0 spiro atoms. The lowest BCUT2D eigenvalue weighted by Gasteiger charge is -2.22. The van der Waals surface area contributed by atoms with Gasteiger partial charge >= 0.3 is 5.97 Å². The summed E-state index contributed by atoms with van der Waals surface area (Å²) in [6, 6.07) is 0.222. The first kappa shape index (κ1) is 14.2. The van der Waals surface area contributed by atoms with E-state index in [1.54, 1.807) is 13.0 Å². The van der Waals surface area contributed by atoms with Gasteiger partial charge in [-0.2, -0.15) is 0 Å². The maximum absolute atomic E-state index is 11.2. The van der Waals surface area contributed by atoms with Crippen molar-refractivity contribution in [2.45, 2.75) is 25.8 Å². The zero-order valence-corrected chi connectivity index (χ0v) is 11.0. The lowest BCUT2D eigenvalue weighted by atomic mass is 10.1. The van der Waals surface area contributed by atoms with Crippen LogP contribution in [0.25, 0.3) is 0 Å². The van der Waals surface area contributed by atoms with E-state index in [2.05, 4.69) is 10.1 Å². The molecule has 0 bridgehead atoms. The summed E-state index contributed by atoms with van der Waals surface area (Å²) in [6.07, 6.45) is 3.05. The number of ether oxygens (including phenoxy) is 1. The third-order valence-corrected chi connectivity index (χ3v) is 4.59. The average molecular weight is 261 g/mol. The van der Waals surface area contributed by atoms with Gasteiger partial charge in [0.2, 0.25) is 0 Å². The average Bonchev–Trinajstić information content (AvgIpc) is 2.30. The maximum Gasteiger partial charge on any atom is 0.333 e. The van der Waals surface area contributed by atoms with Crippen LogP contribution in [0.15, 0.2) is 11.6 Å². The van der Waals surface area contributed by atoms with E-state index in [0.717, 1.165) is 0 Å². The van der Waals surface area contributed by atoms with Gasteiger partial charge in [-0.25, -0.2) is 13.2 Å². The molecule has 1 saturated heterocycles. The summed E-state index contributed by atoms with van der Waals surface area (Å²) in [5.74, 6) is 0.173. The summed E-state index contributed by atoms with van der Waals surface area (Å²) >= 11 is 0. The zero-order valence-electron chi connectivity index (χ0n) is 10.2. The maximum atomic E-state index is 11.2. The molecule has 1 N–H and O–H groups in total. The van der Waals surface area contributed by atoms with Gasteiger partial charge in [0.25, 0.3) is 0 Å². The molecule has 0 aliphatic carbocycles. The van der Waals surface area contributed by atoms with Crippen molar-refractivity contribution in [3.05, 3.63) is 11.6 Å². The number of hydrogen-bond donors (Lipinski definition) is 1. The number of hydrogen-bond acceptors (Lipinski definition) is 5. The quantitative estimate of drug-likeness (QED) is 0.581. The topological polar surface area (TPSA) is 72.5 Å². The van der Waals surface area contributed by atoms with Crippen molar-refractivity contribution in [2.75, 3.05) is 25.2 Å². The number of rotatable bonds is 4. The molecule has 17 heavy (non-hydrogen) atoms. The molecule has 0 saturated carbocycles. The first-order chi connectivity index (χ1) is 7.94. The molecule has 0 unspecified atom stereocenters. The molecular weight excluding hydrogens is 242 g/mol. The smallest absolute Gasteiger partial charge is 0.333 e. The first-order valence-electron chi connectivity index (χ1n) is 5.63. The van der Waals surface area contributed by atoms with Crippen molar-refractivity contribution in [1.82, 2.24) is 5.32 Å². The summed E-state index contributed by atoms with van der Waals surface area (Å²) in [5.41, 5.74) is 0.559. The Balaban J connectivity index is 2.31. The summed E-state index contributed by atoms with van der Waals surface area (Å²) < 4.78 is 27.0. The Morgan fingerprint density at radius 1 is 1.41 bits per heavy atom. The minimum atomic E-state index is -2.80. The second-order valence-electron chi connectivity index (χ2n) is 4.21. The predicted octanol–water partition coefficient (Wildman–Crippen LogP) is 0.272. The molecule has 0 amide bonds. The first-order valence-corrected chi connectivity index (χ1v) is 7.45. The van der Waals surface area contributed by atoms with Crippen molar-refractivity contribution in [2.24, 2.45) is 0 Å². The number of methoxy groups -OCH3 is 1. The van der Waals surface area contributed by atoms with Crippen LogP contribution < -0.4 is 5.32 Å². The summed E-state index contributed by atoms with van der Waals surface area (Å²) in [5, 5.41) is 3.22. The third-order valence-electron chi connectivity index (χ3n) is 2.88. The summed E-state index contributed by atoms with van der Waals surface area (Å²) in [6.45, 7) is 2.25. The van der Waals surface area contributed by atoms with Crippen LogP contribution in [-0.2, 0) is 19.4 Å². The van der Waals surface area contributed by atoms with E-state index in [1.165, 1.54) is 7.11 Å². The second kappa shape index (κ2) is 6.16. The number of esters is 1. The Bertz CT molecular complexity index is 386. The third kappa shape index (κ3) is 4.87. The van der Waals surface area contributed by atoms with E-state index in [4.69, 9.17) is 0 Å². The highest BCUT2D eigenvalue weighted by Gasteiger charge is 2.22. The molecule has 1 aliphatic heterocycles. The number of nitrogens with one attached hydrogen (secondary N) is 1. The van der Waals surface area contributed by atoms with Crippen molar-refractivity contribution < 1.29 is 17.9 Å². The fraction of sp³-hybridized carbons (Fsp3) is 0.727. The van der Waals surface area contributed by atoms with E-state index in [0.29, 0.717) is 25.0 Å². The molecule has 0 radical (unpaired) electrons. The van der Waals surface area contributed by atoms with Crippen LogP contribution in [-0.4, -0.2) is 45.6 Å². The van der Waals surface area contributed by atoms with Crippen LogP contribution in [0, 0.1) is 0 Å². The van der Waals surface area contributed by atoms with Gasteiger partial charge in [-0.1, -0.05) is 6.08 Å². The molecule has 1 fully saturated rings. The van der Waals surface area contributed by atoms with Gasteiger partial charge in [0.05, 0.1) is 18.6 Å². The standard InChI is InChI=1S/C11H19NO4S/c1-9(11(13)16-2)3-6-12-10-4-7-17(14,15)8-5-10/h3,10,12H,4-8H2,1-2H3. The van der Waals surface area contributed by atoms with Gasteiger partial charge in [0.15, 0.2) is 0 Å². The molecule has 5 nitrogen and oxygen atoms in total. The molecule has 1 heterocycles. The van der Waals surface area contributed by atoms with Crippen molar-refractivity contribution in [1.29, 1.82) is 0 Å². The normalized spacial score (nSPS) is 21.2. The fourth-order valence-electron chi connectivity index (χ4n) is 1.72. The molecule has 0 aromatic carbocycles. The van der Waals surface area contributed by atoms with E-state index < -0.39 is 9.84 Å². The predicted molar refractivity (Wildman–Crippen MR) is 65.5 cm³/mol. The number of sulfone groups is 1. The summed E-state index contributed by atoms with van der Waals surface area (Å²) in [7, 11) is -1.46. The lowest BCUT2D eigenvalue weighted by Crippen LogP contribution is -2.37. The molecule has 6 heteroatoms. The van der Waals surface area contributed by atoms with Gasteiger partial charge in [-0.05, 0) is 19.8 Å². The summed E-state index contributed by atoms with van der Waals surface area (Å²) in [4.78, 5) is 11.1. The monoisotopic (exact) mass is 261 g/mol. The molecule has 1 rings (SSSR count). The lowest BCUT2D eigenvalue weighted by molar-refractivity contribution is -0.136. The largest absolute Gasteiger partial charge is 0.466 e. The Hall–Kier alpha value is -0.880. The van der Waals surface area contributed by atoms with Crippen LogP contribution in [0.2, 0.25) is 0 Å². The number of carbonyl (C=O) groups excluding carboxylic acids is 1. The Morgan fingerprint density at radius 2 is 2.00 bits per heavy atom. The molecule has 0 aromatic rings. The highest BCUT2D eigenvalue weighted by atomic mass is 32.2. The second-order valence-corrected chi connectivity index (χ2v) is 6.52. The number of carbonyl (C=O) groups is 1. The molecular formula is C11H19NO4S. The van der Waals surface area contributed by atoms with Crippen LogP contribution >= 0.6 is 0 Å². The van der Waals surface area contributed by atoms with Gasteiger partial charge in [0.1, 0.15) is 9.84 Å². The van der Waals surface area contributed by atoms with E-state index in [-0.39, 0.29) is 23.5 Å². The van der Waals surface area contributed by atoms with E-state index in [1.807, 2.05) is 0 Å². The van der Waals surface area contributed by atoms with Gasteiger partial charge < -0.3 is 10.1 Å². The highest BCUT2D eigenvalue weighted by molar-refractivity contribution is 7.91. The minimum Gasteiger partial charge on any atom is -0.466 e. The Labute approximate surface area is 102 Å². The SMILES string of the molecule is COC(=O)C(C)=CCNC1CCS(=O)(=O)CC1. The van der Waals surface area contributed by atoms with Crippen LogP contribution in [0.1, 0.15) is 19.8 Å². The van der Waals surface area contributed by atoms with Crippen LogP contribution in [0.5, 0.6) is 0 Å². The minimum absolute atomic E-state index is 0.222. The van der Waals surface area contributed by atoms with E-state index >= 15 is 0 Å². The van der Waals surface area contributed by atoms with E-state index in [9.17, 15) is 13.2 Å². The van der Waals surface area contributed by atoms with Crippen molar-refractivity contribution in [3.8, 4) is 0 Å². The van der Waals surface area contributed by atoms with Gasteiger partial charge in [-0.15, -0.1) is 0 Å². The van der Waals surface area contributed by atoms with Crippen LogP contribution in [0.4, 0.5) is 0 Å². The molecule has 98 valence electrons.